The second kappa shape index (κ2) is 7.29. The van der Waals surface area contributed by atoms with E-state index in [4.69, 9.17) is 4.74 Å². The van der Waals surface area contributed by atoms with E-state index in [1.165, 1.54) is 0 Å². The molecule has 1 aromatic rings. The zero-order valence-electron chi connectivity index (χ0n) is 12.0. The van der Waals surface area contributed by atoms with E-state index >= 15 is 0 Å². The molecule has 1 aliphatic rings. The first-order valence-electron chi connectivity index (χ1n) is 7.37. The monoisotopic (exact) mass is 277 g/mol. The topological polar surface area (TPSA) is 49.8 Å². The Morgan fingerprint density at radius 2 is 2.20 bits per heavy atom. The van der Waals surface area contributed by atoms with E-state index in [1.54, 1.807) is 4.90 Å². The molecule has 0 unspecified atom stereocenters. The molecular formula is C16H23NO3. The number of hydrogen-bond acceptors (Lipinski definition) is 3. The minimum absolute atomic E-state index is 0.0850. The van der Waals surface area contributed by atoms with Gasteiger partial charge in [-0.05, 0) is 24.8 Å². The highest BCUT2D eigenvalue weighted by Gasteiger charge is 2.34. The summed E-state index contributed by atoms with van der Waals surface area (Å²) >= 11 is 0. The summed E-state index contributed by atoms with van der Waals surface area (Å²) in [5, 5.41) is 10.1. The van der Waals surface area contributed by atoms with Crippen LogP contribution in [-0.2, 0) is 11.3 Å². The van der Waals surface area contributed by atoms with Crippen molar-refractivity contribution in [2.24, 2.45) is 0 Å². The molecule has 0 aliphatic carbocycles. The maximum absolute atomic E-state index is 12.1. The molecule has 0 saturated carbocycles. The van der Waals surface area contributed by atoms with Crippen LogP contribution >= 0.6 is 0 Å². The Hall–Kier alpha value is -1.55. The first kappa shape index (κ1) is 14.9. The summed E-state index contributed by atoms with van der Waals surface area (Å²) in [5.74, 6) is 0. The van der Waals surface area contributed by atoms with Gasteiger partial charge in [0, 0.05) is 6.54 Å². The van der Waals surface area contributed by atoms with Crippen molar-refractivity contribution in [1.82, 2.24) is 4.90 Å². The third-order valence-electron chi connectivity index (χ3n) is 3.77. The van der Waals surface area contributed by atoms with Crippen molar-refractivity contribution in [3.63, 3.8) is 0 Å². The molecule has 0 bridgehead atoms. The Morgan fingerprint density at radius 1 is 1.45 bits per heavy atom. The van der Waals surface area contributed by atoms with Crippen LogP contribution in [-0.4, -0.2) is 34.8 Å². The van der Waals surface area contributed by atoms with Gasteiger partial charge in [-0.2, -0.15) is 0 Å². The van der Waals surface area contributed by atoms with Crippen LogP contribution in [0.1, 0.15) is 38.2 Å². The van der Waals surface area contributed by atoms with Crippen molar-refractivity contribution in [2.75, 3.05) is 6.54 Å². The number of carbonyl (C=O) groups is 1. The number of likely N-dealkylation sites (tertiary alicyclic amines) is 1. The third kappa shape index (κ3) is 3.73. The van der Waals surface area contributed by atoms with Gasteiger partial charge in [-0.1, -0.05) is 43.7 Å². The van der Waals surface area contributed by atoms with Gasteiger partial charge in [0.1, 0.15) is 6.61 Å². The molecule has 1 aromatic carbocycles. The lowest BCUT2D eigenvalue weighted by molar-refractivity contribution is 0.0444. The van der Waals surface area contributed by atoms with Crippen molar-refractivity contribution in [3.05, 3.63) is 35.9 Å². The molecule has 110 valence electrons. The molecule has 0 radical (unpaired) electrons. The summed E-state index contributed by atoms with van der Waals surface area (Å²) in [7, 11) is 0. The lowest BCUT2D eigenvalue weighted by Crippen LogP contribution is -2.42. The van der Waals surface area contributed by atoms with Crippen LogP contribution in [0.2, 0.25) is 0 Å². The number of rotatable bonds is 5. The second-order valence-corrected chi connectivity index (χ2v) is 5.30. The van der Waals surface area contributed by atoms with Gasteiger partial charge >= 0.3 is 6.09 Å². The second-order valence-electron chi connectivity index (χ2n) is 5.30. The van der Waals surface area contributed by atoms with Crippen LogP contribution in [0.3, 0.4) is 0 Å². The molecule has 1 amide bonds. The fourth-order valence-corrected chi connectivity index (χ4v) is 2.71. The van der Waals surface area contributed by atoms with Gasteiger partial charge in [0.15, 0.2) is 0 Å². The summed E-state index contributed by atoms with van der Waals surface area (Å²) in [6.07, 6.45) is 2.70. The summed E-state index contributed by atoms with van der Waals surface area (Å²) in [6, 6.07) is 9.56. The van der Waals surface area contributed by atoms with Crippen LogP contribution in [0.5, 0.6) is 0 Å². The first-order valence-corrected chi connectivity index (χ1v) is 7.37. The van der Waals surface area contributed by atoms with Crippen LogP contribution < -0.4 is 0 Å². The van der Waals surface area contributed by atoms with Gasteiger partial charge in [-0.3, -0.25) is 0 Å². The highest BCUT2D eigenvalue weighted by atomic mass is 16.6. The minimum Gasteiger partial charge on any atom is -0.445 e. The van der Waals surface area contributed by atoms with Crippen molar-refractivity contribution in [1.29, 1.82) is 0 Å². The van der Waals surface area contributed by atoms with Crippen LogP contribution in [0.4, 0.5) is 4.79 Å². The number of nitrogens with zero attached hydrogens (tertiary/aromatic N) is 1. The van der Waals surface area contributed by atoms with E-state index in [0.717, 1.165) is 31.2 Å². The van der Waals surface area contributed by atoms with Gasteiger partial charge in [0.25, 0.3) is 0 Å². The predicted molar refractivity (Wildman–Crippen MR) is 77.3 cm³/mol. The molecule has 0 spiro atoms. The Kier molecular flexibility index (Phi) is 5.41. The number of carbonyl (C=O) groups excluding carboxylic acids is 1. The Morgan fingerprint density at radius 3 is 2.90 bits per heavy atom. The molecule has 1 saturated heterocycles. The molecule has 1 heterocycles. The number of amides is 1. The highest BCUT2D eigenvalue weighted by Crippen LogP contribution is 2.23. The summed E-state index contributed by atoms with van der Waals surface area (Å²) in [6.45, 7) is 3.00. The van der Waals surface area contributed by atoms with Crippen molar-refractivity contribution in [3.8, 4) is 0 Å². The standard InChI is InChI=1S/C16H23NO3/c1-2-7-15(18)14-10-6-11-17(14)16(19)20-12-13-8-4-3-5-9-13/h3-5,8-9,14-15,18H,2,6-7,10-12H2,1H3/t14-,15+/m0/s1. The zero-order valence-corrected chi connectivity index (χ0v) is 12.0. The third-order valence-corrected chi connectivity index (χ3v) is 3.77. The average molecular weight is 277 g/mol. The lowest BCUT2D eigenvalue weighted by Gasteiger charge is -2.27. The molecule has 2 atom stereocenters. The van der Waals surface area contributed by atoms with Crippen LogP contribution in [0.15, 0.2) is 30.3 Å². The van der Waals surface area contributed by atoms with Gasteiger partial charge < -0.3 is 14.7 Å². The van der Waals surface area contributed by atoms with Crippen LogP contribution in [0.25, 0.3) is 0 Å². The lowest BCUT2D eigenvalue weighted by atomic mass is 10.0. The van der Waals surface area contributed by atoms with E-state index in [2.05, 4.69) is 0 Å². The maximum Gasteiger partial charge on any atom is 0.410 e. The molecule has 0 aromatic heterocycles. The van der Waals surface area contributed by atoms with Crippen molar-refractivity contribution < 1.29 is 14.6 Å². The number of aliphatic hydroxyl groups excluding tert-OH is 1. The molecule has 20 heavy (non-hydrogen) atoms. The molecular weight excluding hydrogens is 254 g/mol. The smallest absolute Gasteiger partial charge is 0.410 e. The molecule has 1 fully saturated rings. The molecule has 1 aliphatic heterocycles. The fourth-order valence-electron chi connectivity index (χ4n) is 2.71. The Balaban J connectivity index is 1.88. The summed E-state index contributed by atoms with van der Waals surface area (Å²) < 4.78 is 5.35. The van der Waals surface area contributed by atoms with Crippen molar-refractivity contribution >= 4 is 6.09 Å². The number of aliphatic hydroxyl groups is 1. The number of ether oxygens (including phenoxy) is 1. The van der Waals surface area contributed by atoms with Gasteiger partial charge in [0.05, 0.1) is 12.1 Å². The Bertz CT molecular complexity index is 421. The molecule has 4 heteroatoms. The number of benzene rings is 1. The predicted octanol–water partition coefficient (Wildman–Crippen LogP) is 2.95. The van der Waals surface area contributed by atoms with E-state index < -0.39 is 6.10 Å². The van der Waals surface area contributed by atoms with E-state index in [0.29, 0.717) is 6.54 Å². The number of hydrogen-bond donors (Lipinski definition) is 1. The Labute approximate surface area is 120 Å². The van der Waals surface area contributed by atoms with E-state index in [-0.39, 0.29) is 18.7 Å². The largest absolute Gasteiger partial charge is 0.445 e. The van der Waals surface area contributed by atoms with Gasteiger partial charge in [-0.15, -0.1) is 0 Å². The normalized spacial score (nSPS) is 19.9. The van der Waals surface area contributed by atoms with E-state index in [9.17, 15) is 9.90 Å². The highest BCUT2D eigenvalue weighted by molar-refractivity contribution is 5.68. The minimum atomic E-state index is -0.438. The zero-order chi connectivity index (χ0) is 14.4. The molecule has 2 rings (SSSR count). The summed E-state index contributed by atoms with van der Waals surface area (Å²) in [5.41, 5.74) is 0.978. The van der Waals surface area contributed by atoms with Gasteiger partial charge in [-0.25, -0.2) is 4.79 Å². The summed E-state index contributed by atoms with van der Waals surface area (Å²) in [4.78, 5) is 13.8. The maximum atomic E-state index is 12.1. The first-order chi connectivity index (χ1) is 9.72. The van der Waals surface area contributed by atoms with Gasteiger partial charge in [0.2, 0.25) is 0 Å². The fraction of sp³-hybridized carbons (Fsp3) is 0.562. The SMILES string of the molecule is CCC[C@@H](O)[C@@H]1CCCN1C(=O)OCc1ccccc1. The van der Waals surface area contributed by atoms with E-state index in [1.807, 2.05) is 37.3 Å². The molecule has 4 nitrogen and oxygen atoms in total. The average Bonchev–Trinajstić information content (AvgIpc) is 2.96. The molecule has 1 N–H and O–H groups in total. The quantitative estimate of drug-likeness (QED) is 0.900. The van der Waals surface area contributed by atoms with Crippen molar-refractivity contribution in [2.45, 2.75) is 51.4 Å². The van der Waals surface area contributed by atoms with Crippen LogP contribution in [0, 0.1) is 0 Å².